The summed E-state index contributed by atoms with van der Waals surface area (Å²) in [5, 5.41) is 3.09. The lowest BCUT2D eigenvalue weighted by molar-refractivity contribution is -0.117. The number of anilines is 2. The van der Waals surface area contributed by atoms with Crippen molar-refractivity contribution in [3.8, 4) is 5.75 Å². The van der Waals surface area contributed by atoms with E-state index in [4.69, 9.17) is 9.47 Å². The van der Waals surface area contributed by atoms with Gasteiger partial charge in [-0.25, -0.2) is 4.79 Å². The van der Waals surface area contributed by atoms with Crippen molar-refractivity contribution in [1.82, 2.24) is 0 Å². The van der Waals surface area contributed by atoms with Crippen molar-refractivity contribution in [2.24, 2.45) is 5.92 Å². The molecule has 6 nitrogen and oxygen atoms in total. The van der Waals surface area contributed by atoms with Crippen LogP contribution >= 0.6 is 0 Å². The number of nitrogens with zero attached hydrogens (tertiary/aromatic N) is 1. The first kappa shape index (κ1) is 21.2. The molecule has 0 aromatic heterocycles. The number of carbonyl (C=O) groups excluding carboxylic acids is 2. The molecule has 1 amide bonds. The number of hydrogen-bond acceptors (Lipinski definition) is 5. The number of rotatable bonds is 7. The van der Waals surface area contributed by atoms with E-state index in [0.29, 0.717) is 30.2 Å². The number of nitrogens with one attached hydrogen (secondary N) is 1. The van der Waals surface area contributed by atoms with Gasteiger partial charge in [0.25, 0.3) is 0 Å². The standard InChI is InChI=1S/C25H30N2O4/c1-30-23-14-19(25(29)31-2)7-8-20(23)16-27-12-11-18-9-10-21(15-22(18)27)26-24(28)13-17-5-3-4-6-17/h7-10,14-15,17H,3-6,11-13,16H2,1-2H3,(H,26,28). The van der Waals surface area contributed by atoms with Gasteiger partial charge in [-0.1, -0.05) is 25.0 Å². The van der Waals surface area contributed by atoms with Crippen molar-refractivity contribution in [2.75, 3.05) is 31.0 Å². The first-order valence-electron chi connectivity index (χ1n) is 11.0. The third-order valence-electron chi connectivity index (χ3n) is 6.38. The van der Waals surface area contributed by atoms with Crippen molar-refractivity contribution >= 4 is 23.3 Å². The zero-order chi connectivity index (χ0) is 21.8. The molecule has 0 spiro atoms. The fraction of sp³-hybridized carbons (Fsp3) is 0.440. The first-order chi connectivity index (χ1) is 15.1. The van der Waals surface area contributed by atoms with Gasteiger partial charge in [-0.3, -0.25) is 4.79 Å². The third kappa shape index (κ3) is 4.84. The Bertz CT molecular complexity index is 966. The van der Waals surface area contributed by atoms with Crippen LogP contribution in [0.15, 0.2) is 36.4 Å². The summed E-state index contributed by atoms with van der Waals surface area (Å²) in [6.07, 6.45) is 6.41. The van der Waals surface area contributed by atoms with E-state index in [-0.39, 0.29) is 11.9 Å². The van der Waals surface area contributed by atoms with Crippen LogP contribution in [-0.2, 0) is 22.5 Å². The Morgan fingerprint density at radius 2 is 1.90 bits per heavy atom. The van der Waals surface area contributed by atoms with Gasteiger partial charge in [0.1, 0.15) is 5.75 Å². The summed E-state index contributed by atoms with van der Waals surface area (Å²) >= 11 is 0. The number of carbonyl (C=O) groups is 2. The molecule has 0 atom stereocenters. The van der Waals surface area contributed by atoms with Crippen LogP contribution in [0.1, 0.15) is 53.6 Å². The zero-order valence-electron chi connectivity index (χ0n) is 18.3. The molecular formula is C25H30N2O4. The minimum absolute atomic E-state index is 0.108. The highest BCUT2D eigenvalue weighted by molar-refractivity contribution is 5.92. The van der Waals surface area contributed by atoms with Crippen molar-refractivity contribution < 1.29 is 19.1 Å². The van der Waals surface area contributed by atoms with Crippen LogP contribution in [0.4, 0.5) is 11.4 Å². The maximum Gasteiger partial charge on any atom is 0.337 e. The average molecular weight is 423 g/mol. The molecule has 1 aliphatic heterocycles. The SMILES string of the molecule is COC(=O)c1ccc(CN2CCc3ccc(NC(=O)CC4CCCC4)cc32)c(OC)c1. The van der Waals surface area contributed by atoms with Gasteiger partial charge >= 0.3 is 5.97 Å². The van der Waals surface area contributed by atoms with Crippen LogP contribution in [0.25, 0.3) is 0 Å². The molecule has 2 aromatic carbocycles. The molecule has 2 aliphatic rings. The second kappa shape index (κ2) is 9.41. The fourth-order valence-electron chi connectivity index (χ4n) is 4.70. The minimum atomic E-state index is -0.380. The Morgan fingerprint density at radius 1 is 1.10 bits per heavy atom. The summed E-state index contributed by atoms with van der Waals surface area (Å²) in [5.41, 5.74) is 4.73. The molecular weight excluding hydrogens is 392 g/mol. The summed E-state index contributed by atoms with van der Waals surface area (Å²) < 4.78 is 10.3. The van der Waals surface area contributed by atoms with Crippen LogP contribution in [0.3, 0.4) is 0 Å². The van der Waals surface area contributed by atoms with Crippen LogP contribution in [0.2, 0.25) is 0 Å². The first-order valence-corrected chi connectivity index (χ1v) is 11.0. The van der Waals surface area contributed by atoms with Crippen LogP contribution in [-0.4, -0.2) is 32.6 Å². The van der Waals surface area contributed by atoms with Crippen LogP contribution < -0.4 is 15.0 Å². The molecule has 31 heavy (non-hydrogen) atoms. The van der Waals surface area contributed by atoms with Crippen molar-refractivity contribution in [3.05, 3.63) is 53.1 Å². The highest BCUT2D eigenvalue weighted by Crippen LogP contribution is 2.34. The topological polar surface area (TPSA) is 67.9 Å². The molecule has 4 rings (SSSR count). The lowest BCUT2D eigenvalue weighted by Gasteiger charge is -2.22. The summed E-state index contributed by atoms with van der Waals surface area (Å²) in [7, 11) is 2.98. The van der Waals surface area contributed by atoms with Crippen molar-refractivity contribution in [3.63, 3.8) is 0 Å². The molecule has 0 saturated heterocycles. The number of fused-ring (bicyclic) bond motifs is 1. The summed E-state index contributed by atoms with van der Waals surface area (Å²) in [6.45, 7) is 1.56. The smallest absolute Gasteiger partial charge is 0.337 e. The second-order valence-electron chi connectivity index (χ2n) is 8.44. The monoisotopic (exact) mass is 422 g/mol. The molecule has 1 fully saturated rings. The molecule has 0 radical (unpaired) electrons. The number of hydrogen-bond donors (Lipinski definition) is 1. The Hall–Kier alpha value is -3.02. The maximum absolute atomic E-state index is 12.5. The molecule has 164 valence electrons. The normalized spacial score (nSPS) is 15.6. The molecule has 0 unspecified atom stereocenters. The Balaban J connectivity index is 1.47. The van der Waals surface area contributed by atoms with Crippen LogP contribution in [0, 0.1) is 5.92 Å². The molecule has 0 bridgehead atoms. The van der Waals surface area contributed by atoms with Crippen molar-refractivity contribution in [2.45, 2.75) is 45.1 Å². The van der Waals surface area contributed by atoms with E-state index >= 15 is 0 Å². The van der Waals surface area contributed by atoms with E-state index < -0.39 is 0 Å². The lowest BCUT2D eigenvalue weighted by atomic mass is 10.0. The largest absolute Gasteiger partial charge is 0.496 e. The molecule has 2 aromatic rings. The minimum Gasteiger partial charge on any atom is -0.496 e. The van der Waals surface area contributed by atoms with Gasteiger partial charge < -0.3 is 19.7 Å². The zero-order valence-corrected chi connectivity index (χ0v) is 18.3. The number of esters is 1. The van der Waals surface area contributed by atoms with Crippen molar-refractivity contribution in [1.29, 1.82) is 0 Å². The van der Waals surface area contributed by atoms with Gasteiger partial charge in [-0.15, -0.1) is 0 Å². The highest BCUT2D eigenvalue weighted by Gasteiger charge is 2.23. The highest BCUT2D eigenvalue weighted by atomic mass is 16.5. The van der Waals surface area contributed by atoms with Gasteiger partial charge in [0.2, 0.25) is 5.91 Å². The van der Waals surface area contributed by atoms with Gasteiger partial charge in [0.15, 0.2) is 0 Å². The predicted octanol–water partition coefficient (Wildman–Crippen LogP) is 4.56. The van der Waals surface area contributed by atoms with E-state index in [1.165, 1.54) is 38.4 Å². The number of methoxy groups -OCH3 is 2. The maximum atomic E-state index is 12.5. The average Bonchev–Trinajstić information content (AvgIpc) is 3.43. The Morgan fingerprint density at radius 3 is 2.65 bits per heavy atom. The lowest BCUT2D eigenvalue weighted by Crippen LogP contribution is -2.20. The Kier molecular flexibility index (Phi) is 6.44. The molecule has 1 aliphatic carbocycles. The molecule has 1 N–H and O–H groups in total. The van der Waals surface area contributed by atoms with E-state index in [1.54, 1.807) is 19.2 Å². The fourth-order valence-corrected chi connectivity index (χ4v) is 4.70. The van der Waals surface area contributed by atoms with Gasteiger partial charge in [0.05, 0.1) is 19.8 Å². The number of benzene rings is 2. The summed E-state index contributed by atoms with van der Waals surface area (Å²) in [4.78, 5) is 26.6. The number of amides is 1. The van der Waals surface area contributed by atoms with Gasteiger partial charge in [-0.05, 0) is 55.0 Å². The quantitative estimate of drug-likeness (QED) is 0.663. The molecule has 1 saturated carbocycles. The number of ether oxygens (including phenoxy) is 2. The predicted molar refractivity (Wildman–Crippen MR) is 121 cm³/mol. The van der Waals surface area contributed by atoms with E-state index in [0.717, 1.165) is 29.9 Å². The van der Waals surface area contributed by atoms with E-state index in [9.17, 15) is 9.59 Å². The van der Waals surface area contributed by atoms with E-state index in [2.05, 4.69) is 22.3 Å². The summed E-state index contributed by atoms with van der Waals surface area (Å²) in [6, 6.07) is 11.6. The van der Waals surface area contributed by atoms with E-state index in [1.807, 2.05) is 12.1 Å². The second-order valence-corrected chi connectivity index (χ2v) is 8.44. The molecule has 6 heteroatoms. The summed E-state index contributed by atoms with van der Waals surface area (Å²) in [5.74, 6) is 0.926. The molecule has 1 heterocycles. The van der Waals surface area contributed by atoms with Crippen LogP contribution in [0.5, 0.6) is 5.75 Å². The Labute approximate surface area is 183 Å². The third-order valence-corrected chi connectivity index (χ3v) is 6.38. The van der Waals surface area contributed by atoms with Gasteiger partial charge in [0, 0.05) is 36.4 Å². The van der Waals surface area contributed by atoms with Gasteiger partial charge in [-0.2, -0.15) is 0 Å².